The van der Waals surface area contributed by atoms with Gasteiger partial charge in [0.1, 0.15) is 23.1 Å². The van der Waals surface area contributed by atoms with Gasteiger partial charge in [0.15, 0.2) is 0 Å². The lowest BCUT2D eigenvalue weighted by Crippen LogP contribution is -2.37. The SMILES string of the molecule is CCC(C)N(Cc1csc(COc2cccc(C)c2C)n1)C(=O)c1cccc(OC)c1. The standard InChI is InChI=1S/C25H30N2O3S/c1-6-18(3)27(25(28)20-10-8-11-22(13-20)29-5)14-21-16-31-24(26-21)15-30-23-12-7-9-17(2)19(23)4/h7-13,16,18H,6,14-15H2,1-5H3. The van der Waals surface area contributed by atoms with E-state index in [-0.39, 0.29) is 11.9 Å². The molecule has 0 radical (unpaired) electrons. The third-order valence-corrected chi connectivity index (χ3v) is 6.41. The molecular weight excluding hydrogens is 408 g/mol. The van der Waals surface area contributed by atoms with E-state index in [1.165, 1.54) is 5.56 Å². The first-order chi connectivity index (χ1) is 14.9. The van der Waals surface area contributed by atoms with Crippen LogP contribution in [-0.2, 0) is 13.2 Å². The summed E-state index contributed by atoms with van der Waals surface area (Å²) in [5.41, 5.74) is 3.85. The number of ether oxygens (including phenoxy) is 2. The largest absolute Gasteiger partial charge is 0.497 e. The molecule has 0 aliphatic carbocycles. The number of hydrogen-bond acceptors (Lipinski definition) is 5. The maximum Gasteiger partial charge on any atom is 0.254 e. The molecule has 5 nitrogen and oxygen atoms in total. The van der Waals surface area contributed by atoms with Crippen LogP contribution in [0, 0.1) is 13.8 Å². The Morgan fingerprint density at radius 2 is 1.97 bits per heavy atom. The van der Waals surface area contributed by atoms with Crippen molar-refractivity contribution in [1.82, 2.24) is 9.88 Å². The van der Waals surface area contributed by atoms with E-state index in [1.807, 2.05) is 40.6 Å². The van der Waals surface area contributed by atoms with Gasteiger partial charge in [-0.15, -0.1) is 11.3 Å². The Labute approximate surface area is 188 Å². The van der Waals surface area contributed by atoms with E-state index in [4.69, 9.17) is 14.5 Å². The average Bonchev–Trinajstić information content (AvgIpc) is 3.25. The van der Waals surface area contributed by atoms with Crippen molar-refractivity contribution in [3.8, 4) is 11.5 Å². The highest BCUT2D eigenvalue weighted by molar-refractivity contribution is 7.09. The van der Waals surface area contributed by atoms with Crippen molar-refractivity contribution in [2.45, 2.75) is 53.3 Å². The molecule has 0 saturated carbocycles. The maximum absolute atomic E-state index is 13.2. The number of nitrogens with zero attached hydrogens (tertiary/aromatic N) is 2. The topological polar surface area (TPSA) is 51.7 Å². The van der Waals surface area contributed by atoms with Crippen molar-refractivity contribution in [2.75, 3.05) is 7.11 Å². The summed E-state index contributed by atoms with van der Waals surface area (Å²) >= 11 is 1.56. The van der Waals surface area contributed by atoms with Crippen LogP contribution in [0.2, 0.25) is 0 Å². The lowest BCUT2D eigenvalue weighted by atomic mass is 10.1. The molecule has 1 amide bonds. The first-order valence-electron chi connectivity index (χ1n) is 10.5. The van der Waals surface area contributed by atoms with Crippen LogP contribution < -0.4 is 9.47 Å². The van der Waals surface area contributed by atoms with Crippen LogP contribution in [0.15, 0.2) is 47.8 Å². The third kappa shape index (κ3) is 5.64. The van der Waals surface area contributed by atoms with Gasteiger partial charge >= 0.3 is 0 Å². The van der Waals surface area contributed by atoms with Crippen molar-refractivity contribution >= 4 is 17.2 Å². The molecular formula is C25H30N2O3S. The molecule has 0 spiro atoms. The summed E-state index contributed by atoms with van der Waals surface area (Å²) in [6, 6.07) is 13.4. The Bertz CT molecular complexity index is 1030. The summed E-state index contributed by atoms with van der Waals surface area (Å²) in [4.78, 5) is 19.8. The van der Waals surface area contributed by atoms with Gasteiger partial charge < -0.3 is 14.4 Å². The summed E-state index contributed by atoms with van der Waals surface area (Å²) < 4.78 is 11.3. The molecule has 0 bridgehead atoms. The number of amides is 1. The third-order valence-electron chi connectivity index (χ3n) is 5.54. The van der Waals surface area contributed by atoms with Crippen molar-refractivity contribution in [1.29, 1.82) is 0 Å². The van der Waals surface area contributed by atoms with Gasteiger partial charge in [-0.1, -0.05) is 25.1 Å². The fourth-order valence-electron chi connectivity index (χ4n) is 3.25. The minimum Gasteiger partial charge on any atom is -0.497 e. The summed E-state index contributed by atoms with van der Waals surface area (Å²) in [7, 11) is 1.60. The minimum absolute atomic E-state index is 0.0190. The predicted molar refractivity (Wildman–Crippen MR) is 125 cm³/mol. The molecule has 0 aliphatic heterocycles. The minimum atomic E-state index is -0.0190. The van der Waals surface area contributed by atoms with Crippen LogP contribution in [0.4, 0.5) is 0 Å². The van der Waals surface area contributed by atoms with E-state index >= 15 is 0 Å². The van der Waals surface area contributed by atoms with Crippen molar-refractivity contribution in [2.24, 2.45) is 0 Å². The lowest BCUT2D eigenvalue weighted by Gasteiger charge is -2.28. The summed E-state index contributed by atoms with van der Waals surface area (Å²) in [6.45, 7) is 9.17. The van der Waals surface area contributed by atoms with Crippen LogP contribution in [-0.4, -0.2) is 28.9 Å². The number of hydrogen-bond donors (Lipinski definition) is 0. The zero-order valence-corrected chi connectivity index (χ0v) is 19.7. The fraction of sp³-hybridized carbons (Fsp3) is 0.360. The van der Waals surface area contributed by atoms with Crippen LogP contribution in [0.1, 0.15) is 52.5 Å². The summed E-state index contributed by atoms with van der Waals surface area (Å²) in [5, 5.41) is 2.91. The van der Waals surface area contributed by atoms with Gasteiger partial charge in [0, 0.05) is 17.0 Å². The van der Waals surface area contributed by atoms with E-state index in [1.54, 1.807) is 24.5 Å². The predicted octanol–water partition coefficient (Wildman–Crippen LogP) is 5.79. The number of benzene rings is 2. The first-order valence-corrected chi connectivity index (χ1v) is 11.4. The van der Waals surface area contributed by atoms with E-state index in [2.05, 4.69) is 33.8 Å². The molecule has 1 aromatic heterocycles. The van der Waals surface area contributed by atoms with Crippen molar-refractivity contribution in [3.05, 3.63) is 75.2 Å². The Morgan fingerprint density at radius 1 is 1.19 bits per heavy atom. The molecule has 0 aliphatic rings. The number of aryl methyl sites for hydroxylation is 1. The number of thiazole rings is 1. The van der Waals surface area contributed by atoms with Crippen LogP contribution in [0.25, 0.3) is 0 Å². The van der Waals surface area contributed by atoms with Gasteiger partial charge in [-0.25, -0.2) is 4.98 Å². The molecule has 3 aromatic rings. The molecule has 0 saturated heterocycles. The molecule has 1 unspecified atom stereocenters. The zero-order valence-electron chi connectivity index (χ0n) is 18.8. The van der Waals surface area contributed by atoms with Crippen LogP contribution >= 0.6 is 11.3 Å². The highest BCUT2D eigenvalue weighted by Gasteiger charge is 2.22. The fourth-order valence-corrected chi connectivity index (χ4v) is 3.95. The zero-order chi connectivity index (χ0) is 22.4. The Kier molecular flexibility index (Phi) is 7.69. The number of rotatable bonds is 9. The Balaban J connectivity index is 1.71. The molecule has 2 aromatic carbocycles. The van der Waals surface area contributed by atoms with Gasteiger partial charge in [-0.2, -0.15) is 0 Å². The molecule has 3 rings (SSSR count). The molecule has 1 atom stereocenters. The van der Waals surface area contributed by atoms with Gasteiger partial charge in [-0.05, 0) is 62.6 Å². The second kappa shape index (κ2) is 10.4. The van der Waals surface area contributed by atoms with Gasteiger partial charge in [0.2, 0.25) is 0 Å². The second-order valence-corrected chi connectivity index (χ2v) is 8.58. The van der Waals surface area contributed by atoms with E-state index < -0.39 is 0 Å². The molecule has 1 heterocycles. The number of aromatic nitrogens is 1. The Hall–Kier alpha value is -2.86. The Morgan fingerprint density at radius 3 is 2.71 bits per heavy atom. The highest BCUT2D eigenvalue weighted by Crippen LogP contribution is 2.23. The van der Waals surface area contributed by atoms with Crippen LogP contribution in [0.3, 0.4) is 0 Å². The molecule has 31 heavy (non-hydrogen) atoms. The summed E-state index contributed by atoms with van der Waals surface area (Å²) in [5.74, 6) is 1.54. The molecule has 0 N–H and O–H groups in total. The van der Waals surface area contributed by atoms with E-state index in [0.717, 1.165) is 28.4 Å². The van der Waals surface area contributed by atoms with Gasteiger partial charge in [0.25, 0.3) is 5.91 Å². The smallest absolute Gasteiger partial charge is 0.254 e. The first kappa shape index (κ1) is 22.8. The monoisotopic (exact) mass is 438 g/mol. The second-order valence-electron chi connectivity index (χ2n) is 7.64. The van der Waals surface area contributed by atoms with Crippen molar-refractivity contribution in [3.63, 3.8) is 0 Å². The van der Waals surface area contributed by atoms with E-state index in [9.17, 15) is 4.79 Å². The molecule has 164 valence electrons. The molecule has 6 heteroatoms. The molecule has 0 fully saturated rings. The van der Waals surface area contributed by atoms with Crippen LogP contribution in [0.5, 0.6) is 11.5 Å². The normalized spacial score (nSPS) is 11.8. The maximum atomic E-state index is 13.2. The quantitative estimate of drug-likeness (QED) is 0.424. The van der Waals surface area contributed by atoms with E-state index in [0.29, 0.717) is 24.5 Å². The van der Waals surface area contributed by atoms with Gasteiger partial charge in [0.05, 0.1) is 19.3 Å². The van der Waals surface area contributed by atoms with Crippen molar-refractivity contribution < 1.29 is 14.3 Å². The van der Waals surface area contributed by atoms with Gasteiger partial charge in [-0.3, -0.25) is 4.79 Å². The number of carbonyl (C=O) groups is 1. The number of methoxy groups -OCH3 is 1. The number of carbonyl (C=O) groups excluding carboxylic acids is 1. The highest BCUT2D eigenvalue weighted by atomic mass is 32.1. The summed E-state index contributed by atoms with van der Waals surface area (Å²) in [6.07, 6.45) is 0.864. The average molecular weight is 439 g/mol. The lowest BCUT2D eigenvalue weighted by molar-refractivity contribution is 0.0668.